The molecule has 0 saturated heterocycles. The summed E-state index contributed by atoms with van der Waals surface area (Å²) in [7, 11) is 2.18. The van der Waals surface area contributed by atoms with Gasteiger partial charge >= 0.3 is 0 Å². The molecule has 1 aliphatic carbocycles. The van der Waals surface area contributed by atoms with E-state index in [4.69, 9.17) is 0 Å². The molecule has 1 fully saturated rings. The van der Waals surface area contributed by atoms with Crippen LogP contribution in [-0.4, -0.2) is 23.6 Å². The normalized spacial score (nSPS) is 18.7. The number of benzene rings is 1. The van der Waals surface area contributed by atoms with E-state index >= 15 is 0 Å². The monoisotopic (exact) mass is 261 g/mol. The Kier molecular flexibility index (Phi) is 4.87. The van der Waals surface area contributed by atoms with Crippen LogP contribution in [0.4, 0.5) is 0 Å². The lowest BCUT2D eigenvalue weighted by atomic mass is 9.88. The van der Waals surface area contributed by atoms with E-state index in [1.165, 1.54) is 32.1 Å². The highest BCUT2D eigenvalue weighted by atomic mass is 16.3. The lowest BCUT2D eigenvalue weighted by Gasteiger charge is -2.31. The molecule has 0 spiro atoms. The Labute approximate surface area is 117 Å². The van der Waals surface area contributed by atoms with Crippen molar-refractivity contribution < 1.29 is 5.11 Å². The van der Waals surface area contributed by atoms with E-state index < -0.39 is 0 Å². The van der Waals surface area contributed by atoms with Gasteiger partial charge in [-0.2, -0.15) is 0 Å². The van der Waals surface area contributed by atoms with Gasteiger partial charge in [0.25, 0.3) is 0 Å². The summed E-state index contributed by atoms with van der Waals surface area (Å²) in [4.78, 5) is 2.39. The van der Waals surface area contributed by atoms with Gasteiger partial charge in [-0.25, -0.2) is 0 Å². The lowest BCUT2D eigenvalue weighted by molar-refractivity contribution is 0.190. The first kappa shape index (κ1) is 14.4. The number of phenolic OH excluding ortho intramolecular Hbond substituents is 1. The van der Waals surface area contributed by atoms with Gasteiger partial charge in [-0.15, -0.1) is 0 Å². The van der Waals surface area contributed by atoms with E-state index in [1.54, 1.807) is 0 Å². The fourth-order valence-electron chi connectivity index (χ4n) is 3.18. The zero-order valence-electron chi connectivity index (χ0n) is 12.5. The highest BCUT2D eigenvalue weighted by Gasteiger charge is 2.20. The molecule has 0 aromatic heterocycles. The molecule has 1 N–H and O–H groups in total. The standard InChI is InChI=1S/C17H27NO/c1-13-9-10-16(17(19)11-13)14(2)18(3)12-15-7-5-4-6-8-15/h9-11,14-15,19H,4-8,12H2,1-3H3. The minimum absolute atomic E-state index is 0.280. The van der Waals surface area contributed by atoms with Gasteiger partial charge in [-0.05, 0) is 51.3 Å². The number of hydrogen-bond donors (Lipinski definition) is 1. The van der Waals surface area contributed by atoms with Crippen molar-refractivity contribution in [3.05, 3.63) is 29.3 Å². The molecule has 2 rings (SSSR count). The van der Waals surface area contributed by atoms with E-state index in [0.29, 0.717) is 5.75 Å². The first-order chi connectivity index (χ1) is 9.08. The second kappa shape index (κ2) is 6.42. The fourth-order valence-corrected chi connectivity index (χ4v) is 3.18. The smallest absolute Gasteiger partial charge is 0.120 e. The van der Waals surface area contributed by atoms with Crippen LogP contribution in [0.3, 0.4) is 0 Å². The molecule has 0 radical (unpaired) electrons. The molecular formula is C17H27NO. The maximum Gasteiger partial charge on any atom is 0.120 e. The van der Waals surface area contributed by atoms with E-state index in [2.05, 4.69) is 31.0 Å². The van der Waals surface area contributed by atoms with Gasteiger partial charge in [0.15, 0.2) is 0 Å². The van der Waals surface area contributed by atoms with Crippen LogP contribution in [0.25, 0.3) is 0 Å². The van der Waals surface area contributed by atoms with Crippen LogP contribution < -0.4 is 0 Å². The molecule has 1 unspecified atom stereocenters. The van der Waals surface area contributed by atoms with E-state index in [0.717, 1.165) is 23.6 Å². The molecule has 19 heavy (non-hydrogen) atoms. The zero-order valence-corrected chi connectivity index (χ0v) is 12.5. The zero-order chi connectivity index (χ0) is 13.8. The summed E-state index contributed by atoms with van der Waals surface area (Å²) in [5.41, 5.74) is 2.16. The number of aryl methyl sites for hydroxylation is 1. The predicted molar refractivity (Wildman–Crippen MR) is 80.5 cm³/mol. The predicted octanol–water partition coefficient (Wildman–Crippen LogP) is 4.27. The molecule has 106 valence electrons. The molecule has 0 aliphatic heterocycles. The van der Waals surface area contributed by atoms with Crippen LogP contribution in [0.15, 0.2) is 18.2 Å². The van der Waals surface area contributed by atoms with Crippen molar-refractivity contribution in [3.63, 3.8) is 0 Å². The average Bonchev–Trinajstić information content (AvgIpc) is 2.39. The highest BCUT2D eigenvalue weighted by molar-refractivity contribution is 5.37. The van der Waals surface area contributed by atoms with Crippen LogP contribution in [0.2, 0.25) is 0 Å². The molecule has 1 aliphatic rings. The third-order valence-corrected chi connectivity index (χ3v) is 4.57. The third-order valence-electron chi connectivity index (χ3n) is 4.57. The Morgan fingerprint density at radius 1 is 1.26 bits per heavy atom. The number of hydrogen-bond acceptors (Lipinski definition) is 2. The summed E-state index contributed by atoms with van der Waals surface area (Å²) in [6.45, 7) is 5.35. The molecule has 1 atom stereocenters. The summed E-state index contributed by atoms with van der Waals surface area (Å²) < 4.78 is 0. The molecule has 2 heteroatoms. The van der Waals surface area contributed by atoms with Crippen LogP contribution in [0.5, 0.6) is 5.75 Å². The molecule has 0 bridgehead atoms. The molecule has 1 saturated carbocycles. The van der Waals surface area contributed by atoms with Crippen molar-refractivity contribution >= 4 is 0 Å². The van der Waals surface area contributed by atoms with Crippen molar-refractivity contribution in [2.75, 3.05) is 13.6 Å². The van der Waals surface area contributed by atoms with Crippen molar-refractivity contribution in [2.45, 2.75) is 52.0 Å². The third kappa shape index (κ3) is 3.73. The molecule has 1 aromatic carbocycles. The molecule has 2 nitrogen and oxygen atoms in total. The Bertz CT molecular complexity index is 410. The van der Waals surface area contributed by atoms with E-state index in [-0.39, 0.29) is 6.04 Å². The molecule has 1 aromatic rings. The van der Waals surface area contributed by atoms with E-state index in [9.17, 15) is 5.11 Å². The van der Waals surface area contributed by atoms with Crippen molar-refractivity contribution in [3.8, 4) is 5.75 Å². The second-order valence-corrected chi connectivity index (χ2v) is 6.18. The maximum absolute atomic E-state index is 10.1. The summed E-state index contributed by atoms with van der Waals surface area (Å²) in [5, 5.41) is 10.1. The van der Waals surface area contributed by atoms with E-state index in [1.807, 2.05) is 13.0 Å². The first-order valence-electron chi connectivity index (χ1n) is 7.57. The van der Waals surface area contributed by atoms with Crippen LogP contribution in [-0.2, 0) is 0 Å². The van der Waals surface area contributed by atoms with Gasteiger partial charge < -0.3 is 5.11 Å². The molecular weight excluding hydrogens is 234 g/mol. The summed E-state index contributed by atoms with van der Waals surface area (Å²) in [6, 6.07) is 6.29. The van der Waals surface area contributed by atoms with Crippen LogP contribution >= 0.6 is 0 Å². The summed E-state index contributed by atoms with van der Waals surface area (Å²) in [5.74, 6) is 1.27. The number of nitrogens with zero attached hydrogens (tertiary/aromatic N) is 1. The maximum atomic E-state index is 10.1. The lowest BCUT2D eigenvalue weighted by Crippen LogP contribution is -2.29. The summed E-state index contributed by atoms with van der Waals surface area (Å²) in [6.07, 6.45) is 6.94. The minimum atomic E-state index is 0.280. The highest BCUT2D eigenvalue weighted by Crippen LogP contribution is 2.31. The van der Waals surface area contributed by atoms with Crippen molar-refractivity contribution in [1.29, 1.82) is 0 Å². The largest absolute Gasteiger partial charge is 0.508 e. The van der Waals surface area contributed by atoms with Crippen LogP contribution in [0.1, 0.15) is 56.2 Å². The van der Waals surface area contributed by atoms with Crippen molar-refractivity contribution in [2.24, 2.45) is 5.92 Å². The average molecular weight is 261 g/mol. The SMILES string of the molecule is Cc1ccc(C(C)N(C)CC2CCCCC2)c(O)c1. The van der Waals surface area contributed by atoms with Gasteiger partial charge in [0.1, 0.15) is 5.75 Å². The first-order valence-corrected chi connectivity index (χ1v) is 7.57. The number of phenols is 1. The molecule has 0 amide bonds. The Morgan fingerprint density at radius 3 is 2.58 bits per heavy atom. The van der Waals surface area contributed by atoms with Crippen LogP contribution in [0, 0.1) is 12.8 Å². The topological polar surface area (TPSA) is 23.5 Å². The quantitative estimate of drug-likeness (QED) is 0.874. The number of rotatable bonds is 4. The molecule has 0 heterocycles. The minimum Gasteiger partial charge on any atom is -0.508 e. The van der Waals surface area contributed by atoms with Gasteiger partial charge in [0.05, 0.1) is 0 Å². The van der Waals surface area contributed by atoms with Crippen molar-refractivity contribution in [1.82, 2.24) is 4.90 Å². The summed E-state index contributed by atoms with van der Waals surface area (Å²) >= 11 is 0. The van der Waals surface area contributed by atoms with Gasteiger partial charge in [-0.1, -0.05) is 31.4 Å². The fraction of sp³-hybridized carbons (Fsp3) is 0.647. The second-order valence-electron chi connectivity index (χ2n) is 6.18. The van der Waals surface area contributed by atoms with Gasteiger partial charge in [0, 0.05) is 18.2 Å². The van der Waals surface area contributed by atoms with Gasteiger partial charge in [-0.3, -0.25) is 4.90 Å². The Morgan fingerprint density at radius 2 is 1.95 bits per heavy atom. The Balaban J connectivity index is 1.99. The van der Waals surface area contributed by atoms with Gasteiger partial charge in [0.2, 0.25) is 0 Å². The number of aromatic hydroxyl groups is 1. The Hall–Kier alpha value is -1.02.